The number of anilines is 1. The third kappa shape index (κ3) is 4.03. The fourth-order valence-corrected chi connectivity index (χ4v) is 4.63. The van der Waals surface area contributed by atoms with E-state index in [9.17, 15) is 9.59 Å². The molecule has 0 atom stereocenters. The summed E-state index contributed by atoms with van der Waals surface area (Å²) in [7, 11) is 0. The van der Waals surface area contributed by atoms with Crippen LogP contribution in [-0.4, -0.2) is 89.2 Å². The maximum Gasteiger partial charge on any atom is 0.288 e. The van der Waals surface area contributed by atoms with Gasteiger partial charge in [-0.05, 0) is 19.4 Å². The predicted octanol–water partition coefficient (Wildman–Crippen LogP) is 0.119. The molecule has 0 aromatic carbocycles. The van der Waals surface area contributed by atoms with Crippen molar-refractivity contribution >= 4 is 27.3 Å². The molecule has 0 bridgehead atoms. The highest BCUT2D eigenvalue weighted by molar-refractivity contribution is 7.20. The summed E-state index contributed by atoms with van der Waals surface area (Å²) in [4.78, 5) is 36.9. The summed E-state index contributed by atoms with van der Waals surface area (Å²) in [6.45, 7) is 10.6. The highest BCUT2D eigenvalue weighted by atomic mass is 32.1. The van der Waals surface area contributed by atoms with Crippen LogP contribution >= 0.6 is 11.3 Å². The Morgan fingerprint density at radius 2 is 1.86 bits per heavy atom. The lowest BCUT2D eigenvalue weighted by molar-refractivity contribution is 0.0935. The Balaban J connectivity index is 1.37. The number of nitrogens with zero attached hydrogens (tertiary/aromatic N) is 6. The summed E-state index contributed by atoms with van der Waals surface area (Å²) < 4.78 is 1.26. The van der Waals surface area contributed by atoms with Gasteiger partial charge in [-0.1, -0.05) is 18.3 Å². The van der Waals surface area contributed by atoms with Crippen LogP contribution in [0.3, 0.4) is 0 Å². The molecule has 9 nitrogen and oxygen atoms in total. The van der Waals surface area contributed by atoms with Gasteiger partial charge >= 0.3 is 0 Å². The standard InChI is InChI=1S/C18H27N7O2S/c1-2-22-9-11-23(12-10-22)8-5-19-15(26)14-13-20-17-25(16(14)27)21-18(28-17)24-6-3-4-7-24/h13H,2-12H2,1H3,(H,19,26). The molecule has 2 aromatic heterocycles. The first-order valence-corrected chi connectivity index (χ1v) is 10.8. The molecule has 2 fully saturated rings. The number of carbonyl (C=O) groups excluding carboxylic acids is 1. The van der Waals surface area contributed by atoms with Gasteiger partial charge in [-0.25, -0.2) is 4.98 Å². The van der Waals surface area contributed by atoms with Crippen LogP contribution in [0.1, 0.15) is 30.1 Å². The Morgan fingerprint density at radius 1 is 1.14 bits per heavy atom. The molecule has 0 saturated carbocycles. The van der Waals surface area contributed by atoms with Crippen molar-refractivity contribution in [2.24, 2.45) is 0 Å². The van der Waals surface area contributed by atoms with Gasteiger partial charge in [0.05, 0.1) is 0 Å². The van der Waals surface area contributed by atoms with Gasteiger partial charge in [0.15, 0.2) is 0 Å². The van der Waals surface area contributed by atoms with E-state index in [1.54, 1.807) is 0 Å². The van der Waals surface area contributed by atoms with Gasteiger partial charge in [0, 0.05) is 58.6 Å². The second-order valence-corrected chi connectivity index (χ2v) is 8.22. The molecule has 2 aromatic rings. The number of carbonyl (C=O) groups is 1. The fourth-order valence-electron chi connectivity index (χ4n) is 3.72. The summed E-state index contributed by atoms with van der Waals surface area (Å²) in [6.07, 6.45) is 3.65. The molecule has 0 unspecified atom stereocenters. The van der Waals surface area contributed by atoms with Crippen LogP contribution in [0.4, 0.5) is 5.13 Å². The van der Waals surface area contributed by atoms with Crippen molar-refractivity contribution in [3.63, 3.8) is 0 Å². The minimum atomic E-state index is -0.402. The van der Waals surface area contributed by atoms with Crippen LogP contribution in [0.2, 0.25) is 0 Å². The van der Waals surface area contributed by atoms with Crippen LogP contribution < -0.4 is 15.8 Å². The van der Waals surface area contributed by atoms with Crippen LogP contribution in [0.25, 0.3) is 4.96 Å². The van der Waals surface area contributed by atoms with Crippen LogP contribution in [-0.2, 0) is 0 Å². The third-order valence-electron chi connectivity index (χ3n) is 5.52. The van der Waals surface area contributed by atoms with Crippen LogP contribution in [0.15, 0.2) is 11.0 Å². The van der Waals surface area contributed by atoms with E-state index in [0.29, 0.717) is 11.5 Å². The molecule has 0 radical (unpaired) electrons. The van der Waals surface area contributed by atoms with Gasteiger partial charge in [-0.15, -0.1) is 5.10 Å². The van der Waals surface area contributed by atoms with Crippen molar-refractivity contribution in [3.05, 3.63) is 22.1 Å². The number of hydrogen-bond acceptors (Lipinski definition) is 8. The number of nitrogens with one attached hydrogen (secondary N) is 1. The van der Waals surface area contributed by atoms with Gasteiger partial charge in [-0.2, -0.15) is 4.52 Å². The number of hydrogen-bond donors (Lipinski definition) is 1. The SMILES string of the molecule is CCN1CCN(CCNC(=O)c2cnc3sc(N4CCCC4)nn3c2=O)CC1. The largest absolute Gasteiger partial charge is 0.351 e. The molecule has 28 heavy (non-hydrogen) atoms. The Hall–Kier alpha value is -2.04. The van der Waals surface area contributed by atoms with Gasteiger partial charge in [0.1, 0.15) is 5.56 Å². The fraction of sp³-hybridized carbons (Fsp3) is 0.667. The van der Waals surface area contributed by atoms with E-state index in [0.717, 1.165) is 70.3 Å². The monoisotopic (exact) mass is 405 g/mol. The molecule has 1 amide bonds. The highest BCUT2D eigenvalue weighted by Crippen LogP contribution is 2.24. The predicted molar refractivity (Wildman–Crippen MR) is 109 cm³/mol. The van der Waals surface area contributed by atoms with E-state index in [-0.39, 0.29) is 11.5 Å². The number of aromatic nitrogens is 3. The number of fused-ring (bicyclic) bond motifs is 1. The second-order valence-electron chi connectivity index (χ2n) is 7.28. The van der Waals surface area contributed by atoms with Crippen molar-refractivity contribution in [2.45, 2.75) is 19.8 Å². The maximum absolute atomic E-state index is 12.7. The summed E-state index contributed by atoms with van der Waals surface area (Å²) in [5.74, 6) is -0.380. The minimum absolute atomic E-state index is 0.0478. The van der Waals surface area contributed by atoms with Crippen molar-refractivity contribution < 1.29 is 4.79 Å². The lowest BCUT2D eigenvalue weighted by Gasteiger charge is -2.33. The highest BCUT2D eigenvalue weighted by Gasteiger charge is 2.21. The van der Waals surface area contributed by atoms with Crippen molar-refractivity contribution in [1.82, 2.24) is 29.7 Å². The number of piperazine rings is 1. The molecule has 2 aliphatic rings. The Morgan fingerprint density at radius 3 is 2.57 bits per heavy atom. The summed E-state index contributed by atoms with van der Waals surface area (Å²) in [6, 6.07) is 0. The zero-order chi connectivity index (χ0) is 19.5. The minimum Gasteiger partial charge on any atom is -0.351 e. The zero-order valence-corrected chi connectivity index (χ0v) is 17.1. The Bertz CT molecular complexity index is 882. The molecular weight excluding hydrogens is 378 g/mol. The van der Waals surface area contributed by atoms with Gasteiger partial charge in [0.2, 0.25) is 10.1 Å². The van der Waals surface area contributed by atoms with Gasteiger partial charge < -0.3 is 15.1 Å². The molecule has 4 heterocycles. The Labute approximate surface area is 167 Å². The number of amides is 1. The smallest absolute Gasteiger partial charge is 0.288 e. The van der Waals surface area contributed by atoms with Crippen LogP contribution in [0.5, 0.6) is 0 Å². The quantitative estimate of drug-likeness (QED) is 0.730. The average Bonchev–Trinajstić information content (AvgIpc) is 3.38. The molecule has 152 valence electrons. The molecule has 2 aliphatic heterocycles. The van der Waals surface area contributed by atoms with Crippen molar-refractivity contribution in [2.75, 3.05) is 63.8 Å². The number of rotatable bonds is 6. The van der Waals surface area contributed by atoms with E-state index in [4.69, 9.17) is 0 Å². The molecule has 1 N–H and O–H groups in total. The molecule has 10 heteroatoms. The van der Waals surface area contributed by atoms with E-state index in [1.165, 1.54) is 22.0 Å². The third-order valence-corrected chi connectivity index (χ3v) is 6.51. The van der Waals surface area contributed by atoms with E-state index < -0.39 is 5.56 Å². The van der Waals surface area contributed by atoms with Crippen molar-refractivity contribution in [3.8, 4) is 0 Å². The normalized spacial score (nSPS) is 18.8. The first-order chi connectivity index (χ1) is 13.7. The summed E-state index contributed by atoms with van der Waals surface area (Å²) in [5.41, 5.74) is -0.354. The van der Waals surface area contributed by atoms with Gasteiger partial charge in [0.25, 0.3) is 11.5 Å². The van der Waals surface area contributed by atoms with Gasteiger partial charge in [-0.3, -0.25) is 14.5 Å². The molecule has 2 saturated heterocycles. The summed E-state index contributed by atoms with van der Waals surface area (Å²) in [5, 5.41) is 8.05. The van der Waals surface area contributed by atoms with Crippen LogP contribution in [0, 0.1) is 0 Å². The van der Waals surface area contributed by atoms with E-state index in [1.807, 2.05) is 0 Å². The maximum atomic E-state index is 12.7. The molecule has 0 spiro atoms. The lowest BCUT2D eigenvalue weighted by Crippen LogP contribution is -2.48. The van der Waals surface area contributed by atoms with E-state index in [2.05, 4.69) is 37.0 Å². The lowest BCUT2D eigenvalue weighted by atomic mass is 10.3. The first-order valence-electron chi connectivity index (χ1n) is 10.0. The van der Waals surface area contributed by atoms with E-state index >= 15 is 0 Å². The topological polar surface area (TPSA) is 86.1 Å². The molecular formula is C18H27N7O2S. The number of likely N-dealkylation sites (N-methyl/N-ethyl adjacent to an activating group) is 1. The second kappa shape index (κ2) is 8.54. The molecule has 0 aliphatic carbocycles. The molecule has 4 rings (SSSR count). The average molecular weight is 406 g/mol. The summed E-state index contributed by atoms with van der Waals surface area (Å²) >= 11 is 1.39. The van der Waals surface area contributed by atoms with Crippen molar-refractivity contribution in [1.29, 1.82) is 0 Å². The first kappa shape index (κ1) is 19.3. The Kier molecular flexibility index (Phi) is 5.88. The zero-order valence-electron chi connectivity index (χ0n) is 16.3.